The minimum Gasteiger partial charge on any atom is -0.493 e. The van der Waals surface area contributed by atoms with Crippen molar-refractivity contribution in [2.75, 3.05) is 46.3 Å². The maximum atomic E-state index is 10.4. The number of aliphatic hydroxyl groups is 1. The summed E-state index contributed by atoms with van der Waals surface area (Å²) in [5.41, 5.74) is 0. The molecule has 2 N–H and O–H groups in total. The zero-order valence-electron chi connectivity index (χ0n) is 15.8. The predicted octanol–water partition coefficient (Wildman–Crippen LogP) is 0.340. The quantitative estimate of drug-likeness (QED) is 0.781. The Labute approximate surface area is 121 Å². The Bertz CT molecular complexity index is 565. The Balaban J connectivity index is 2.27. The van der Waals surface area contributed by atoms with Crippen molar-refractivity contribution in [2.45, 2.75) is 6.08 Å². The second-order valence-corrected chi connectivity index (χ2v) is 4.05. The number of para-hydroxylation sites is 2. The lowest BCUT2D eigenvalue weighted by Crippen LogP contribution is -2.47. The summed E-state index contributed by atoms with van der Waals surface area (Å²) in [4.78, 5) is 1.24. The number of nitrogens with zero attached hydrogens (tertiary/aromatic N) is 1. The number of piperazine rings is 1. The molecule has 0 radical (unpaired) electrons. The smallest absolute Gasteiger partial charge is 0.161 e. The molecule has 1 aromatic carbocycles. The molecule has 1 aliphatic heterocycles. The van der Waals surface area contributed by atoms with Crippen molar-refractivity contribution >= 4 is 0 Å². The normalized spacial score (nSPS) is 25.1. The monoisotopic (exact) mass is 271 g/mol. The van der Waals surface area contributed by atoms with E-state index in [2.05, 4.69) is 5.32 Å². The molecule has 0 aromatic heterocycles. The number of ether oxygens (including phenoxy) is 2. The van der Waals surface area contributed by atoms with Crippen LogP contribution in [0.25, 0.3) is 0 Å². The summed E-state index contributed by atoms with van der Waals surface area (Å²) in [6, 6.07) is 6.21. The van der Waals surface area contributed by atoms with Crippen LogP contribution in [0.5, 0.6) is 11.5 Å². The molecule has 5 nitrogen and oxygen atoms in total. The third kappa shape index (κ3) is 4.38. The van der Waals surface area contributed by atoms with E-state index in [0.717, 1.165) is 0 Å². The fourth-order valence-corrected chi connectivity index (χ4v) is 1.76. The molecule has 0 bridgehead atoms. The van der Waals surface area contributed by atoms with E-state index in [1.165, 1.54) is 18.1 Å². The molecule has 106 valence electrons. The van der Waals surface area contributed by atoms with Gasteiger partial charge in [0.25, 0.3) is 0 Å². The van der Waals surface area contributed by atoms with E-state index in [-0.39, 0.29) is 24.6 Å². The Hall–Kier alpha value is -1.30. The van der Waals surface area contributed by atoms with Crippen molar-refractivity contribution in [3.05, 3.63) is 24.3 Å². The average Bonchev–Trinajstić information content (AvgIpc) is 2.55. The fraction of sp³-hybridized carbons (Fsp3) is 0.571. The van der Waals surface area contributed by atoms with Crippen molar-refractivity contribution in [2.24, 2.45) is 0 Å². The van der Waals surface area contributed by atoms with Gasteiger partial charge in [-0.25, -0.2) is 0 Å². The van der Waals surface area contributed by atoms with Gasteiger partial charge in [0, 0.05) is 35.4 Å². The summed E-state index contributed by atoms with van der Waals surface area (Å²) in [5, 5.41) is 13.5. The van der Waals surface area contributed by atoms with Crippen LogP contribution in [-0.4, -0.2) is 62.4 Å². The first-order chi connectivity index (χ1) is 11.1. The van der Waals surface area contributed by atoms with Gasteiger partial charge in [-0.2, -0.15) is 0 Å². The molecule has 19 heavy (non-hydrogen) atoms. The molecule has 0 aliphatic carbocycles. The van der Waals surface area contributed by atoms with E-state index in [1.807, 2.05) is 0 Å². The topological polar surface area (TPSA) is 54.0 Å². The minimum atomic E-state index is -3.17. The molecule has 0 spiro atoms. The number of nitrogens with one attached hydrogen (secondary N) is 1. The predicted molar refractivity (Wildman–Crippen MR) is 73.8 cm³/mol. The van der Waals surface area contributed by atoms with Gasteiger partial charge in [0.2, 0.25) is 0 Å². The van der Waals surface area contributed by atoms with E-state index in [9.17, 15) is 5.11 Å². The van der Waals surface area contributed by atoms with Crippen molar-refractivity contribution in [3.63, 3.8) is 0 Å². The molecular formula is C14H22N2O3. The van der Waals surface area contributed by atoms with Crippen molar-refractivity contribution in [1.82, 2.24) is 10.2 Å². The summed E-state index contributed by atoms with van der Waals surface area (Å²) < 4.78 is 50.4. The molecule has 1 atom stereocenters. The first-order valence-electron chi connectivity index (χ1n) is 8.63. The van der Waals surface area contributed by atoms with Crippen LogP contribution in [0.15, 0.2) is 24.3 Å². The van der Waals surface area contributed by atoms with E-state index < -0.39 is 19.1 Å². The van der Waals surface area contributed by atoms with Crippen LogP contribution in [0, 0.1) is 0 Å². The molecule has 1 fully saturated rings. The zero-order chi connectivity index (χ0) is 18.0. The van der Waals surface area contributed by atoms with Gasteiger partial charge in [-0.15, -0.1) is 0 Å². The van der Waals surface area contributed by atoms with Crippen molar-refractivity contribution in [1.29, 1.82) is 0 Å². The molecule has 1 aromatic rings. The van der Waals surface area contributed by atoms with Gasteiger partial charge in [0.15, 0.2) is 11.5 Å². The summed E-state index contributed by atoms with van der Waals surface area (Å²) >= 11 is 0. The molecule has 2 rings (SSSR count). The highest BCUT2D eigenvalue weighted by Gasteiger charge is 2.15. The van der Waals surface area contributed by atoms with Gasteiger partial charge >= 0.3 is 0 Å². The Morgan fingerprint density at radius 3 is 2.79 bits per heavy atom. The minimum absolute atomic E-state index is 0.0215. The molecule has 1 saturated heterocycles. The maximum absolute atomic E-state index is 10.4. The molecule has 1 heterocycles. The third-order valence-corrected chi connectivity index (χ3v) is 2.71. The van der Waals surface area contributed by atoms with Gasteiger partial charge in [-0.1, -0.05) is 12.1 Å². The maximum Gasteiger partial charge on any atom is 0.161 e. The number of rotatable bonds is 6. The van der Waals surface area contributed by atoms with Gasteiger partial charge < -0.3 is 19.9 Å². The second-order valence-electron chi connectivity index (χ2n) is 4.05. The molecule has 0 saturated carbocycles. The molecule has 1 unspecified atom stereocenters. The number of benzene rings is 1. The number of hydrogen-bond acceptors (Lipinski definition) is 5. The van der Waals surface area contributed by atoms with Crippen molar-refractivity contribution < 1.29 is 21.4 Å². The summed E-state index contributed by atoms with van der Waals surface area (Å²) in [6.07, 6.45) is -3.17. The molecule has 1 aliphatic rings. The van der Waals surface area contributed by atoms with Gasteiger partial charge in [0.05, 0.1) is 11.2 Å². The summed E-state index contributed by atoms with van der Waals surface area (Å²) in [7, 11) is 1.38. The van der Waals surface area contributed by atoms with Gasteiger partial charge in [-0.05, 0) is 12.1 Å². The summed E-state index contributed by atoms with van der Waals surface area (Å²) in [5.74, 6) is 0.201. The highest BCUT2D eigenvalue weighted by atomic mass is 16.5. The molecule has 5 heteroatoms. The first kappa shape index (κ1) is 8.79. The highest BCUT2D eigenvalue weighted by molar-refractivity contribution is 5.39. The van der Waals surface area contributed by atoms with Gasteiger partial charge in [0.1, 0.15) is 12.6 Å². The number of methoxy groups -OCH3 is 1. The lowest BCUT2D eigenvalue weighted by atomic mass is 10.3. The number of β-amino-alcohol motifs (C(OH)–C–C–N with tert-alkyl or cyclic N) is 1. The van der Waals surface area contributed by atoms with E-state index in [4.69, 9.17) is 16.3 Å². The third-order valence-electron chi connectivity index (χ3n) is 2.71. The first-order valence-corrected chi connectivity index (χ1v) is 6.13. The summed E-state index contributed by atoms with van der Waals surface area (Å²) in [6.45, 7) is -4.19. The molecular weight excluding hydrogens is 244 g/mol. The van der Waals surface area contributed by atoms with Crippen LogP contribution in [0.2, 0.25) is 0 Å². The zero-order valence-corrected chi connectivity index (χ0v) is 10.8. The lowest BCUT2D eigenvalue weighted by Gasteiger charge is -2.29. The van der Waals surface area contributed by atoms with E-state index >= 15 is 0 Å². The highest BCUT2D eigenvalue weighted by Crippen LogP contribution is 2.25. The van der Waals surface area contributed by atoms with E-state index in [1.54, 1.807) is 18.2 Å². The van der Waals surface area contributed by atoms with Crippen LogP contribution in [-0.2, 0) is 0 Å². The van der Waals surface area contributed by atoms with Crippen LogP contribution >= 0.6 is 0 Å². The van der Waals surface area contributed by atoms with Crippen LogP contribution < -0.4 is 14.8 Å². The average molecular weight is 271 g/mol. The lowest BCUT2D eigenvalue weighted by molar-refractivity contribution is 0.0632. The number of hydrogen-bond donors (Lipinski definition) is 2. The standard InChI is InChI=1S/C14H22N2O3/c1-18-13-4-2-3-5-14(13)19-11-12(17)10-16-8-6-15-7-9-16/h2-5,12,15,17H,6-11H2,1H3/i10D2,11D2,12D. The van der Waals surface area contributed by atoms with E-state index in [0.29, 0.717) is 13.1 Å². The van der Waals surface area contributed by atoms with Crippen LogP contribution in [0.4, 0.5) is 0 Å². The molecule has 0 amide bonds. The van der Waals surface area contributed by atoms with Crippen LogP contribution in [0.3, 0.4) is 0 Å². The van der Waals surface area contributed by atoms with Crippen LogP contribution in [0.1, 0.15) is 6.85 Å². The Morgan fingerprint density at radius 1 is 1.42 bits per heavy atom. The Kier molecular flexibility index (Phi) is 3.39. The largest absolute Gasteiger partial charge is 0.493 e. The van der Waals surface area contributed by atoms with Crippen molar-refractivity contribution in [3.8, 4) is 11.5 Å². The Morgan fingerprint density at radius 2 is 2.11 bits per heavy atom. The fourth-order valence-electron chi connectivity index (χ4n) is 1.76. The van der Waals surface area contributed by atoms with Gasteiger partial charge in [-0.3, -0.25) is 4.90 Å². The SMILES string of the molecule is [2H]C([2H])(Oc1ccccc1OC)C([2H])(O)C([2H])([2H])N1CCNCC1. The second kappa shape index (κ2) is 7.33.